The molecule has 6 nitrogen and oxygen atoms in total. The van der Waals surface area contributed by atoms with E-state index >= 15 is 0 Å². The number of hydrogen-bond acceptors (Lipinski definition) is 4. The lowest BCUT2D eigenvalue weighted by Crippen LogP contribution is -2.48. The van der Waals surface area contributed by atoms with E-state index in [-0.39, 0.29) is 11.6 Å². The van der Waals surface area contributed by atoms with Gasteiger partial charge in [0.25, 0.3) is 0 Å². The fraction of sp³-hybridized carbons (Fsp3) is 0.562. The van der Waals surface area contributed by atoms with Crippen LogP contribution >= 0.6 is 11.6 Å². The number of halogens is 1. The molecule has 0 aliphatic rings. The molecular weight excluding hydrogens is 352 g/mol. The zero-order valence-corrected chi connectivity index (χ0v) is 16.1. The van der Waals surface area contributed by atoms with Gasteiger partial charge in [-0.2, -0.15) is 0 Å². The molecule has 0 fully saturated rings. The third-order valence-electron chi connectivity index (χ3n) is 3.55. The number of methoxy groups -OCH3 is 1. The summed E-state index contributed by atoms with van der Waals surface area (Å²) in [6.07, 6.45) is 3.95. The molecule has 1 amide bonds. The second kappa shape index (κ2) is 9.13. The second-order valence-electron chi connectivity index (χ2n) is 5.55. The summed E-state index contributed by atoms with van der Waals surface area (Å²) in [5, 5.41) is 3.13. The minimum Gasteiger partial charge on any atom is -0.495 e. The normalized spacial score (nSPS) is 12.5. The number of amides is 1. The van der Waals surface area contributed by atoms with Crippen LogP contribution in [-0.4, -0.2) is 40.3 Å². The summed E-state index contributed by atoms with van der Waals surface area (Å²) in [6, 6.07) is 3.72. The predicted octanol–water partition coefficient (Wildman–Crippen LogP) is 2.81. The highest BCUT2D eigenvalue weighted by molar-refractivity contribution is 7.92. The van der Waals surface area contributed by atoms with E-state index in [1.54, 1.807) is 12.1 Å². The van der Waals surface area contributed by atoms with Crippen molar-refractivity contribution in [2.24, 2.45) is 0 Å². The van der Waals surface area contributed by atoms with Crippen LogP contribution < -0.4 is 14.4 Å². The van der Waals surface area contributed by atoms with Crippen LogP contribution in [0, 0.1) is 0 Å². The lowest BCUT2D eigenvalue weighted by molar-refractivity contribution is -0.121. The molecule has 136 valence electrons. The number of carbonyl (C=O) groups is 1. The van der Waals surface area contributed by atoms with Gasteiger partial charge in [-0.1, -0.05) is 31.4 Å². The van der Waals surface area contributed by atoms with E-state index in [0.717, 1.165) is 29.8 Å². The van der Waals surface area contributed by atoms with E-state index in [1.807, 2.05) is 0 Å². The average molecular weight is 377 g/mol. The number of rotatable bonds is 9. The summed E-state index contributed by atoms with van der Waals surface area (Å²) in [7, 11) is -2.28. The maximum Gasteiger partial charge on any atom is 0.243 e. The summed E-state index contributed by atoms with van der Waals surface area (Å²) >= 11 is 5.99. The first-order valence-electron chi connectivity index (χ1n) is 7.83. The van der Waals surface area contributed by atoms with E-state index < -0.39 is 16.1 Å². The third kappa shape index (κ3) is 5.56. The number of anilines is 1. The molecule has 1 rings (SSSR count). The minimum absolute atomic E-state index is 0.240. The molecule has 1 aromatic rings. The lowest BCUT2D eigenvalue weighted by atomic mass is 10.2. The van der Waals surface area contributed by atoms with Gasteiger partial charge in [0, 0.05) is 11.6 Å². The van der Waals surface area contributed by atoms with Crippen LogP contribution in [0.3, 0.4) is 0 Å². The van der Waals surface area contributed by atoms with Crippen LogP contribution in [0.2, 0.25) is 5.02 Å². The first-order chi connectivity index (χ1) is 11.2. The smallest absolute Gasteiger partial charge is 0.243 e. The van der Waals surface area contributed by atoms with Crippen LogP contribution in [0.25, 0.3) is 0 Å². The van der Waals surface area contributed by atoms with Gasteiger partial charge >= 0.3 is 0 Å². The third-order valence-corrected chi connectivity index (χ3v) is 5.01. The van der Waals surface area contributed by atoms with E-state index in [9.17, 15) is 13.2 Å². The summed E-state index contributed by atoms with van der Waals surface area (Å²) in [6.45, 7) is 4.12. The molecule has 0 aromatic heterocycles. The molecule has 0 unspecified atom stereocenters. The van der Waals surface area contributed by atoms with E-state index in [0.29, 0.717) is 17.3 Å². The Kier molecular flexibility index (Phi) is 7.83. The quantitative estimate of drug-likeness (QED) is 0.672. The standard InChI is InChI=1S/C16H25ClN2O4S/c1-5-6-7-10-18-16(20)12(2)19(24(4,21)22)14-11-13(17)8-9-15(14)23-3/h8-9,11-12H,5-7,10H2,1-4H3,(H,18,20)/t12-/m0/s1. The topological polar surface area (TPSA) is 75.7 Å². The number of unbranched alkanes of at least 4 members (excludes halogenated alkanes) is 2. The van der Waals surface area contributed by atoms with E-state index in [1.165, 1.54) is 20.1 Å². The number of ether oxygens (including phenoxy) is 1. The van der Waals surface area contributed by atoms with Crippen molar-refractivity contribution in [3.63, 3.8) is 0 Å². The molecule has 0 aliphatic heterocycles. The molecular formula is C16H25ClN2O4S. The van der Waals surface area contributed by atoms with Gasteiger partial charge in [0.1, 0.15) is 11.8 Å². The Morgan fingerprint density at radius 2 is 2.04 bits per heavy atom. The van der Waals surface area contributed by atoms with Gasteiger partial charge in [-0.3, -0.25) is 9.10 Å². The van der Waals surface area contributed by atoms with Crippen LogP contribution in [0.1, 0.15) is 33.1 Å². The zero-order chi connectivity index (χ0) is 18.3. The van der Waals surface area contributed by atoms with Crippen LogP contribution in [-0.2, 0) is 14.8 Å². The zero-order valence-electron chi connectivity index (χ0n) is 14.5. The number of hydrogen-bond donors (Lipinski definition) is 1. The van der Waals surface area contributed by atoms with Gasteiger partial charge in [-0.15, -0.1) is 0 Å². The Hall–Kier alpha value is -1.47. The summed E-state index contributed by atoms with van der Waals surface area (Å²) < 4.78 is 30.8. The molecule has 1 atom stereocenters. The van der Waals surface area contributed by atoms with Crippen molar-refractivity contribution < 1.29 is 17.9 Å². The molecule has 1 aromatic carbocycles. The summed E-state index contributed by atoms with van der Waals surface area (Å²) in [4.78, 5) is 12.4. The van der Waals surface area contributed by atoms with Crippen molar-refractivity contribution in [1.29, 1.82) is 0 Å². The maximum atomic E-state index is 12.4. The molecule has 0 saturated heterocycles. The maximum absolute atomic E-state index is 12.4. The number of nitrogens with one attached hydrogen (secondary N) is 1. The highest BCUT2D eigenvalue weighted by Crippen LogP contribution is 2.34. The first-order valence-corrected chi connectivity index (χ1v) is 10.1. The van der Waals surface area contributed by atoms with Gasteiger partial charge in [0.05, 0.1) is 19.1 Å². The SMILES string of the molecule is CCCCCNC(=O)[C@H](C)N(c1cc(Cl)ccc1OC)S(C)(=O)=O. The Morgan fingerprint density at radius 3 is 2.58 bits per heavy atom. The van der Waals surface area contributed by atoms with Crippen LogP contribution in [0.5, 0.6) is 5.75 Å². The van der Waals surface area contributed by atoms with Gasteiger partial charge in [-0.05, 0) is 31.5 Å². The van der Waals surface area contributed by atoms with Crippen molar-refractivity contribution in [1.82, 2.24) is 5.32 Å². The Labute approximate surface area is 149 Å². The molecule has 1 N–H and O–H groups in total. The molecule has 0 heterocycles. The van der Waals surface area contributed by atoms with Gasteiger partial charge in [0.2, 0.25) is 15.9 Å². The Morgan fingerprint density at radius 1 is 1.38 bits per heavy atom. The van der Waals surface area contributed by atoms with Crippen molar-refractivity contribution in [3.05, 3.63) is 23.2 Å². The van der Waals surface area contributed by atoms with Crippen molar-refractivity contribution in [2.75, 3.05) is 24.2 Å². The number of sulfonamides is 1. The number of nitrogens with zero attached hydrogens (tertiary/aromatic N) is 1. The lowest BCUT2D eigenvalue weighted by Gasteiger charge is -2.29. The van der Waals surface area contributed by atoms with Gasteiger partial charge < -0.3 is 10.1 Å². The fourth-order valence-electron chi connectivity index (χ4n) is 2.35. The van der Waals surface area contributed by atoms with Gasteiger partial charge in [0.15, 0.2) is 0 Å². The molecule has 8 heteroatoms. The van der Waals surface area contributed by atoms with Crippen molar-refractivity contribution in [3.8, 4) is 5.75 Å². The molecule has 0 radical (unpaired) electrons. The highest BCUT2D eigenvalue weighted by Gasteiger charge is 2.31. The van der Waals surface area contributed by atoms with Crippen molar-refractivity contribution >= 4 is 33.2 Å². The highest BCUT2D eigenvalue weighted by atomic mass is 35.5. The van der Waals surface area contributed by atoms with Crippen molar-refractivity contribution in [2.45, 2.75) is 39.2 Å². The fourth-order valence-corrected chi connectivity index (χ4v) is 3.69. The molecule has 0 bridgehead atoms. The Bertz CT molecular complexity index is 664. The second-order valence-corrected chi connectivity index (χ2v) is 7.84. The number of carbonyl (C=O) groups excluding carboxylic acids is 1. The first kappa shape index (κ1) is 20.6. The number of benzene rings is 1. The largest absolute Gasteiger partial charge is 0.495 e. The summed E-state index contributed by atoms with van der Waals surface area (Å²) in [5.41, 5.74) is 0.240. The van der Waals surface area contributed by atoms with Crippen LogP contribution in [0.15, 0.2) is 18.2 Å². The molecule has 0 spiro atoms. The monoisotopic (exact) mass is 376 g/mol. The van der Waals surface area contributed by atoms with Gasteiger partial charge in [-0.25, -0.2) is 8.42 Å². The summed E-state index contributed by atoms with van der Waals surface area (Å²) in [5.74, 6) is -0.0333. The van der Waals surface area contributed by atoms with Crippen LogP contribution in [0.4, 0.5) is 5.69 Å². The predicted molar refractivity (Wildman–Crippen MR) is 97.3 cm³/mol. The van der Waals surface area contributed by atoms with E-state index in [2.05, 4.69) is 12.2 Å². The van der Waals surface area contributed by atoms with E-state index in [4.69, 9.17) is 16.3 Å². The molecule has 24 heavy (non-hydrogen) atoms. The average Bonchev–Trinajstić information content (AvgIpc) is 2.50. The minimum atomic E-state index is -3.71. The molecule has 0 saturated carbocycles. The Balaban J connectivity index is 3.11. The molecule has 0 aliphatic carbocycles.